The highest BCUT2D eigenvalue weighted by Crippen LogP contribution is 2.51. The number of anilines is 1. The van der Waals surface area contributed by atoms with Crippen LogP contribution in [0.1, 0.15) is 62.5 Å². The third-order valence-corrected chi connectivity index (χ3v) is 6.56. The maximum Gasteiger partial charge on any atom is 0.395 e. The summed E-state index contributed by atoms with van der Waals surface area (Å²) in [4.78, 5) is 23.3. The Labute approximate surface area is 204 Å². The second kappa shape index (κ2) is 12.5. The fraction of sp³-hybridized carbons (Fsp3) is 0.462. The lowest BCUT2D eigenvalue weighted by atomic mass is 9.62. The minimum atomic E-state index is -4.50. The van der Waals surface area contributed by atoms with E-state index in [0.717, 1.165) is 0 Å². The van der Waals surface area contributed by atoms with Crippen LogP contribution in [0.25, 0.3) is 0 Å². The fourth-order valence-electron chi connectivity index (χ4n) is 4.92. The lowest BCUT2D eigenvalue weighted by Crippen LogP contribution is -2.48. The van der Waals surface area contributed by atoms with E-state index in [9.17, 15) is 27.9 Å². The van der Waals surface area contributed by atoms with Crippen LogP contribution < -0.4 is 16.4 Å². The topological polar surface area (TPSA) is 104 Å². The van der Waals surface area contributed by atoms with Crippen LogP contribution in [-0.2, 0) is 9.59 Å². The molecule has 1 fully saturated rings. The normalized spacial score (nSPS) is 20.7. The Hall–Kier alpha value is -3.23. The van der Waals surface area contributed by atoms with Crippen LogP contribution in [0.4, 0.5) is 18.9 Å². The quantitative estimate of drug-likeness (QED) is 0.228. The molecule has 1 saturated heterocycles. The molecule has 2 amide bonds. The first-order valence-electron chi connectivity index (χ1n) is 11.8. The van der Waals surface area contributed by atoms with Gasteiger partial charge in [0.25, 0.3) is 0 Å². The Morgan fingerprint density at radius 2 is 1.91 bits per heavy atom. The predicted octanol–water partition coefficient (Wildman–Crippen LogP) is 4.85. The molecule has 1 aliphatic rings. The van der Waals surface area contributed by atoms with Crippen molar-refractivity contribution in [3.63, 3.8) is 0 Å². The molecule has 0 aromatic heterocycles. The van der Waals surface area contributed by atoms with Gasteiger partial charge in [-0.3, -0.25) is 9.59 Å². The second-order valence-electron chi connectivity index (χ2n) is 8.58. The number of nitrogen functional groups attached to an aromatic ring is 1. The molecule has 1 heterocycles. The molecule has 0 bridgehead atoms. The molecule has 9 heteroatoms. The highest BCUT2D eigenvalue weighted by Gasteiger charge is 2.48. The lowest BCUT2D eigenvalue weighted by molar-refractivity contribution is -0.154. The Morgan fingerprint density at radius 3 is 2.54 bits per heavy atom. The summed E-state index contributed by atoms with van der Waals surface area (Å²) < 4.78 is 42.2. The molecule has 2 aromatic carbocycles. The van der Waals surface area contributed by atoms with E-state index in [-0.39, 0.29) is 55.3 Å². The number of aromatic hydroxyl groups is 1. The summed E-state index contributed by atoms with van der Waals surface area (Å²) >= 11 is 0. The van der Waals surface area contributed by atoms with Crippen molar-refractivity contribution in [2.24, 2.45) is 5.41 Å². The van der Waals surface area contributed by atoms with Crippen LogP contribution in [0.15, 0.2) is 48.5 Å². The molecule has 0 aliphatic carbocycles. The maximum atomic E-state index is 14.1. The predicted molar refractivity (Wildman–Crippen MR) is 130 cm³/mol. The molecule has 192 valence electrons. The second-order valence-corrected chi connectivity index (χ2v) is 8.58. The molecule has 1 aliphatic heterocycles. The standard InChI is InChI=1S/C24H28F3N3O3.C2H6/c25-24(26,27)19(16-4-3-5-17(28)12-16)8-9-23(10-11-29-15-31)13-22(33)30-14-20(23)18-6-1-2-7-21(18)32;1-2/h1-7,12,15,19-20,32H,8-11,13-14,28H2,(H,29,31)(H,30,33);1-2H3. The van der Waals surface area contributed by atoms with Crippen LogP contribution in [0.2, 0.25) is 0 Å². The first-order valence-corrected chi connectivity index (χ1v) is 11.8. The Balaban J connectivity index is 0.00000210. The van der Waals surface area contributed by atoms with Crippen molar-refractivity contribution in [2.45, 2.75) is 57.5 Å². The third kappa shape index (κ3) is 7.13. The Kier molecular flexibility index (Phi) is 9.98. The number of nitrogens with two attached hydrogens (primary N) is 1. The van der Waals surface area contributed by atoms with Gasteiger partial charge in [0.05, 0.1) is 5.92 Å². The fourth-order valence-corrected chi connectivity index (χ4v) is 4.92. The first kappa shape index (κ1) is 28.0. The molecule has 3 unspecified atom stereocenters. The van der Waals surface area contributed by atoms with Crippen molar-refractivity contribution in [3.05, 3.63) is 59.7 Å². The van der Waals surface area contributed by atoms with Crippen molar-refractivity contribution >= 4 is 18.0 Å². The van der Waals surface area contributed by atoms with Gasteiger partial charge in [-0.05, 0) is 54.0 Å². The maximum absolute atomic E-state index is 14.1. The smallest absolute Gasteiger partial charge is 0.395 e. The summed E-state index contributed by atoms with van der Waals surface area (Å²) in [5, 5.41) is 15.8. The number of amides is 2. The molecule has 0 spiro atoms. The molecule has 3 atom stereocenters. The number of rotatable bonds is 9. The van der Waals surface area contributed by atoms with E-state index in [4.69, 9.17) is 5.73 Å². The summed E-state index contributed by atoms with van der Waals surface area (Å²) in [7, 11) is 0. The minimum absolute atomic E-state index is 0.00591. The number of benzene rings is 2. The van der Waals surface area contributed by atoms with E-state index >= 15 is 0 Å². The van der Waals surface area contributed by atoms with Crippen molar-refractivity contribution in [1.82, 2.24) is 10.6 Å². The van der Waals surface area contributed by atoms with Gasteiger partial charge in [-0.2, -0.15) is 13.2 Å². The van der Waals surface area contributed by atoms with Crippen molar-refractivity contribution in [1.29, 1.82) is 0 Å². The van der Waals surface area contributed by atoms with Crippen LogP contribution in [0.3, 0.4) is 0 Å². The van der Waals surface area contributed by atoms with E-state index in [1.54, 1.807) is 18.2 Å². The van der Waals surface area contributed by atoms with Gasteiger partial charge in [0.15, 0.2) is 0 Å². The molecular formula is C26H34F3N3O3. The lowest BCUT2D eigenvalue weighted by Gasteiger charge is -2.45. The number of carbonyl (C=O) groups excluding carboxylic acids is 2. The molecule has 35 heavy (non-hydrogen) atoms. The van der Waals surface area contributed by atoms with E-state index < -0.39 is 23.4 Å². The number of piperidine rings is 1. The van der Waals surface area contributed by atoms with Crippen molar-refractivity contribution < 1.29 is 27.9 Å². The number of para-hydroxylation sites is 1. The first-order chi connectivity index (χ1) is 16.7. The zero-order valence-electron chi connectivity index (χ0n) is 20.1. The summed E-state index contributed by atoms with van der Waals surface area (Å²) in [6.07, 6.45) is -3.88. The summed E-state index contributed by atoms with van der Waals surface area (Å²) in [5.41, 5.74) is 5.73. The summed E-state index contributed by atoms with van der Waals surface area (Å²) in [5.74, 6) is -2.42. The van der Waals surface area contributed by atoms with Gasteiger partial charge >= 0.3 is 6.18 Å². The van der Waals surface area contributed by atoms with Gasteiger partial charge in [0, 0.05) is 31.1 Å². The molecule has 0 radical (unpaired) electrons. The highest BCUT2D eigenvalue weighted by atomic mass is 19.4. The van der Waals surface area contributed by atoms with Gasteiger partial charge in [-0.25, -0.2) is 0 Å². The molecule has 6 nitrogen and oxygen atoms in total. The number of carbonyl (C=O) groups is 2. The summed E-state index contributed by atoms with van der Waals surface area (Å²) in [6, 6.07) is 12.4. The number of hydrogen-bond donors (Lipinski definition) is 4. The summed E-state index contributed by atoms with van der Waals surface area (Å²) in [6.45, 7) is 4.39. The Bertz CT molecular complexity index is 984. The van der Waals surface area contributed by atoms with E-state index in [0.29, 0.717) is 18.4 Å². The Morgan fingerprint density at radius 1 is 1.20 bits per heavy atom. The number of phenols is 1. The van der Waals surface area contributed by atoms with E-state index in [1.807, 2.05) is 13.8 Å². The van der Waals surface area contributed by atoms with Crippen molar-refractivity contribution in [3.8, 4) is 5.75 Å². The van der Waals surface area contributed by atoms with Crippen LogP contribution in [-0.4, -0.2) is 36.7 Å². The van der Waals surface area contributed by atoms with Gasteiger partial charge in [-0.1, -0.05) is 44.2 Å². The molecular weight excluding hydrogens is 459 g/mol. The molecule has 5 N–H and O–H groups in total. The largest absolute Gasteiger partial charge is 0.508 e. The van der Waals surface area contributed by atoms with Gasteiger partial charge in [0.2, 0.25) is 12.3 Å². The van der Waals surface area contributed by atoms with Crippen molar-refractivity contribution in [2.75, 3.05) is 18.8 Å². The zero-order valence-corrected chi connectivity index (χ0v) is 20.1. The molecule has 3 rings (SSSR count). The number of phenolic OH excluding ortho intramolecular Hbond substituents is 1. The van der Waals surface area contributed by atoms with Crippen LogP contribution in [0, 0.1) is 5.41 Å². The molecule has 2 aromatic rings. The number of hydrogen-bond acceptors (Lipinski definition) is 4. The SMILES string of the molecule is CC.Nc1cccc(C(CCC2(CCNC=O)CC(=O)NCC2c2ccccc2O)C(F)(F)F)c1. The van der Waals surface area contributed by atoms with Gasteiger partial charge < -0.3 is 21.5 Å². The number of alkyl halides is 3. The average molecular weight is 494 g/mol. The van der Waals surface area contributed by atoms with E-state index in [1.165, 1.54) is 30.3 Å². The third-order valence-electron chi connectivity index (χ3n) is 6.56. The van der Waals surface area contributed by atoms with Gasteiger partial charge in [0.1, 0.15) is 5.75 Å². The van der Waals surface area contributed by atoms with Gasteiger partial charge in [-0.15, -0.1) is 0 Å². The minimum Gasteiger partial charge on any atom is -0.508 e. The number of nitrogens with one attached hydrogen (secondary N) is 2. The highest BCUT2D eigenvalue weighted by molar-refractivity contribution is 5.78. The average Bonchev–Trinajstić information content (AvgIpc) is 2.81. The molecule has 0 saturated carbocycles. The zero-order chi connectivity index (χ0) is 26.1. The number of halogens is 3. The van der Waals surface area contributed by atoms with Crippen LogP contribution >= 0.6 is 0 Å². The van der Waals surface area contributed by atoms with E-state index in [2.05, 4.69) is 10.6 Å². The van der Waals surface area contributed by atoms with Crippen LogP contribution in [0.5, 0.6) is 5.75 Å². The monoisotopic (exact) mass is 493 g/mol.